The third-order valence-electron chi connectivity index (χ3n) is 2.58. The number of halogens is 1. The summed E-state index contributed by atoms with van der Waals surface area (Å²) in [4.78, 5) is 5.97. The van der Waals surface area contributed by atoms with Crippen LogP contribution in [0.3, 0.4) is 0 Å². The quantitative estimate of drug-likeness (QED) is 0.882. The van der Waals surface area contributed by atoms with Crippen molar-refractivity contribution in [3.63, 3.8) is 0 Å². The number of nitrogens with zero attached hydrogens (tertiary/aromatic N) is 2. The van der Waals surface area contributed by atoms with Gasteiger partial charge in [0.2, 0.25) is 0 Å². The average molecular weight is 231 g/mol. The standard InChI is InChI=1S/C13H14FN3/c1-17(13-7-3-2-5-10(13)14)9-12-11(15)6-4-8-16-12/h2-8H,9,15H2,1H3. The lowest BCUT2D eigenvalue weighted by molar-refractivity contribution is 0.622. The summed E-state index contributed by atoms with van der Waals surface area (Å²) in [5, 5.41) is 0. The number of nitrogen functional groups attached to an aromatic ring is 1. The van der Waals surface area contributed by atoms with Gasteiger partial charge < -0.3 is 10.6 Å². The van der Waals surface area contributed by atoms with Gasteiger partial charge >= 0.3 is 0 Å². The van der Waals surface area contributed by atoms with Crippen molar-refractivity contribution in [1.29, 1.82) is 0 Å². The fourth-order valence-electron chi connectivity index (χ4n) is 1.65. The van der Waals surface area contributed by atoms with Crippen molar-refractivity contribution in [1.82, 2.24) is 4.98 Å². The molecule has 1 aromatic carbocycles. The normalized spacial score (nSPS) is 10.2. The largest absolute Gasteiger partial charge is 0.397 e. The van der Waals surface area contributed by atoms with E-state index in [1.807, 2.05) is 7.05 Å². The predicted molar refractivity (Wildman–Crippen MR) is 67.2 cm³/mol. The van der Waals surface area contributed by atoms with Gasteiger partial charge in [0.05, 0.1) is 23.6 Å². The molecule has 0 amide bonds. The highest BCUT2D eigenvalue weighted by molar-refractivity contribution is 5.50. The number of anilines is 2. The van der Waals surface area contributed by atoms with E-state index in [9.17, 15) is 4.39 Å². The summed E-state index contributed by atoms with van der Waals surface area (Å²) in [5.41, 5.74) is 7.71. The lowest BCUT2D eigenvalue weighted by Crippen LogP contribution is -2.19. The highest BCUT2D eigenvalue weighted by atomic mass is 19.1. The van der Waals surface area contributed by atoms with Gasteiger partial charge in [-0.25, -0.2) is 4.39 Å². The maximum Gasteiger partial charge on any atom is 0.146 e. The molecular formula is C13H14FN3. The van der Waals surface area contributed by atoms with Crippen LogP contribution in [0.2, 0.25) is 0 Å². The summed E-state index contributed by atoms with van der Waals surface area (Å²) in [6.45, 7) is 0.480. The van der Waals surface area contributed by atoms with Gasteiger partial charge in [0.1, 0.15) is 5.82 Å². The molecule has 3 nitrogen and oxygen atoms in total. The minimum atomic E-state index is -0.246. The second kappa shape index (κ2) is 4.82. The van der Waals surface area contributed by atoms with E-state index in [-0.39, 0.29) is 5.82 Å². The minimum Gasteiger partial charge on any atom is -0.397 e. The molecule has 0 bridgehead atoms. The lowest BCUT2D eigenvalue weighted by atomic mass is 10.2. The summed E-state index contributed by atoms with van der Waals surface area (Å²) < 4.78 is 13.5. The van der Waals surface area contributed by atoms with Gasteiger partial charge in [-0.2, -0.15) is 0 Å². The van der Waals surface area contributed by atoms with Crippen LogP contribution in [0.4, 0.5) is 15.8 Å². The van der Waals surface area contributed by atoms with Crippen LogP contribution in [-0.2, 0) is 6.54 Å². The van der Waals surface area contributed by atoms with E-state index in [1.54, 1.807) is 41.4 Å². The molecule has 0 aliphatic rings. The number of pyridine rings is 1. The van der Waals surface area contributed by atoms with Gasteiger partial charge in [-0.05, 0) is 24.3 Å². The Hall–Kier alpha value is -2.10. The monoisotopic (exact) mass is 231 g/mol. The number of nitrogens with two attached hydrogens (primary N) is 1. The van der Waals surface area contributed by atoms with Crippen LogP contribution in [0.15, 0.2) is 42.6 Å². The Bertz CT molecular complexity index is 514. The zero-order chi connectivity index (χ0) is 12.3. The Balaban J connectivity index is 2.20. The maximum absolute atomic E-state index is 13.5. The van der Waals surface area contributed by atoms with Gasteiger partial charge in [0.15, 0.2) is 0 Å². The third kappa shape index (κ3) is 2.53. The molecule has 0 saturated heterocycles. The molecule has 1 aromatic heterocycles. The first-order chi connectivity index (χ1) is 8.18. The van der Waals surface area contributed by atoms with Crippen molar-refractivity contribution in [2.45, 2.75) is 6.54 Å². The van der Waals surface area contributed by atoms with Crippen molar-refractivity contribution in [3.8, 4) is 0 Å². The van der Waals surface area contributed by atoms with E-state index in [2.05, 4.69) is 4.98 Å². The second-order valence-corrected chi connectivity index (χ2v) is 3.85. The zero-order valence-electron chi connectivity index (χ0n) is 9.60. The minimum absolute atomic E-state index is 0.246. The molecule has 0 aliphatic carbocycles. The van der Waals surface area contributed by atoms with Gasteiger partial charge in [-0.3, -0.25) is 4.98 Å². The molecule has 0 aliphatic heterocycles. The summed E-state index contributed by atoms with van der Waals surface area (Å²) in [6, 6.07) is 10.2. The van der Waals surface area contributed by atoms with E-state index in [0.29, 0.717) is 17.9 Å². The van der Waals surface area contributed by atoms with Crippen LogP contribution >= 0.6 is 0 Å². The Kier molecular flexibility index (Phi) is 3.23. The first-order valence-corrected chi connectivity index (χ1v) is 5.33. The highest BCUT2D eigenvalue weighted by Crippen LogP contribution is 2.20. The van der Waals surface area contributed by atoms with Gasteiger partial charge in [-0.1, -0.05) is 12.1 Å². The van der Waals surface area contributed by atoms with Crippen molar-refractivity contribution in [2.75, 3.05) is 17.7 Å². The average Bonchev–Trinajstić information content (AvgIpc) is 2.32. The van der Waals surface area contributed by atoms with E-state index >= 15 is 0 Å². The SMILES string of the molecule is CN(Cc1ncccc1N)c1ccccc1F. The predicted octanol–water partition coefficient (Wildman–Crippen LogP) is 2.44. The van der Waals surface area contributed by atoms with Gasteiger partial charge in [-0.15, -0.1) is 0 Å². The molecule has 0 atom stereocenters. The number of para-hydroxylation sites is 1. The van der Waals surface area contributed by atoms with Crippen LogP contribution in [0.25, 0.3) is 0 Å². The first-order valence-electron chi connectivity index (χ1n) is 5.33. The Morgan fingerprint density at radius 3 is 2.71 bits per heavy atom. The Morgan fingerprint density at radius 1 is 1.24 bits per heavy atom. The van der Waals surface area contributed by atoms with Crippen molar-refractivity contribution < 1.29 is 4.39 Å². The van der Waals surface area contributed by atoms with Crippen LogP contribution in [0.5, 0.6) is 0 Å². The Labute approximate surface area is 99.7 Å². The van der Waals surface area contributed by atoms with E-state index in [1.165, 1.54) is 6.07 Å². The maximum atomic E-state index is 13.5. The second-order valence-electron chi connectivity index (χ2n) is 3.85. The number of hydrogen-bond donors (Lipinski definition) is 1. The van der Waals surface area contributed by atoms with Crippen LogP contribution < -0.4 is 10.6 Å². The first kappa shape index (κ1) is 11.4. The summed E-state index contributed by atoms with van der Waals surface area (Å²) in [6.07, 6.45) is 1.68. The van der Waals surface area contributed by atoms with E-state index < -0.39 is 0 Å². The fourth-order valence-corrected chi connectivity index (χ4v) is 1.65. The van der Waals surface area contributed by atoms with Crippen molar-refractivity contribution in [3.05, 3.63) is 54.1 Å². The molecule has 2 rings (SSSR count). The molecule has 88 valence electrons. The van der Waals surface area contributed by atoms with Crippen molar-refractivity contribution >= 4 is 11.4 Å². The molecule has 0 saturated carbocycles. The van der Waals surface area contributed by atoms with Crippen LogP contribution in [-0.4, -0.2) is 12.0 Å². The number of hydrogen-bond acceptors (Lipinski definition) is 3. The highest BCUT2D eigenvalue weighted by Gasteiger charge is 2.09. The molecule has 1 heterocycles. The molecular weight excluding hydrogens is 217 g/mol. The molecule has 0 radical (unpaired) electrons. The van der Waals surface area contributed by atoms with Crippen LogP contribution in [0, 0.1) is 5.82 Å². The van der Waals surface area contributed by atoms with E-state index in [4.69, 9.17) is 5.73 Å². The molecule has 2 N–H and O–H groups in total. The summed E-state index contributed by atoms with van der Waals surface area (Å²) in [7, 11) is 1.81. The molecule has 0 fully saturated rings. The molecule has 4 heteroatoms. The summed E-state index contributed by atoms with van der Waals surface area (Å²) in [5.74, 6) is -0.246. The third-order valence-corrected chi connectivity index (χ3v) is 2.58. The fraction of sp³-hybridized carbons (Fsp3) is 0.154. The smallest absolute Gasteiger partial charge is 0.146 e. The molecule has 0 unspecified atom stereocenters. The number of benzene rings is 1. The Morgan fingerprint density at radius 2 is 2.00 bits per heavy atom. The molecule has 17 heavy (non-hydrogen) atoms. The molecule has 0 spiro atoms. The lowest BCUT2D eigenvalue weighted by Gasteiger charge is -2.20. The van der Waals surface area contributed by atoms with Crippen molar-refractivity contribution in [2.24, 2.45) is 0 Å². The van der Waals surface area contributed by atoms with Gasteiger partial charge in [0.25, 0.3) is 0 Å². The molecule has 2 aromatic rings. The zero-order valence-corrected chi connectivity index (χ0v) is 9.60. The topological polar surface area (TPSA) is 42.2 Å². The van der Waals surface area contributed by atoms with Crippen LogP contribution in [0.1, 0.15) is 5.69 Å². The summed E-state index contributed by atoms with van der Waals surface area (Å²) >= 11 is 0. The van der Waals surface area contributed by atoms with Gasteiger partial charge in [0, 0.05) is 13.2 Å². The van der Waals surface area contributed by atoms with E-state index in [0.717, 1.165) is 5.69 Å². The number of aromatic nitrogens is 1. The number of rotatable bonds is 3.